The van der Waals surface area contributed by atoms with Gasteiger partial charge in [-0.3, -0.25) is 4.98 Å². The normalized spacial score (nSPS) is 21.2. The number of fused-ring (bicyclic) bond motifs is 1. The van der Waals surface area contributed by atoms with Crippen LogP contribution in [0.5, 0.6) is 5.75 Å². The van der Waals surface area contributed by atoms with Crippen molar-refractivity contribution in [1.29, 1.82) is 0 Å². The molecule has 2 fully saturated rings. The number of hydrogen-bond donors (Lipinski definition) is 0. The molecule has 2 aromatic heterocycles. The smallest absolute Gasteiger partial charge is 0.149 e. The number of morpholine rings is 1. The van der Waals surface area contributed by atoms with Gasteiger partial charge in [-0.1, -0.05) is 0 Å². The molecule has 34 heavy (non-hydrogen) atoms. The predicted octanol–water partition coefficient (Wildman–Crippen LogP) is 3.50. The highest BCUT2D eigenvalue weighted by Crippen LogP contribution is 2.34. The average molecular weight is 463 g/mol. The van der Waals surface area contributed by atoms with Crippen LogP contribution in [0.3, 0.4) is 0 Å². The van der Waals surface area contributed by atoms with Crippen LogP contribution in [-0.2, 0) is 17.7 Å². The van der Waals surface area contributed by atoms with E-state index in [1.165, 1.54) is 0 Å². The van der Waals surface area contributed by atoms with Crippen molar-refractivity contribution in [1.82, 2.24) is 24.8 Å². The van der Waals surface area contributed by atoms with E-state index in [0.29, 0.717) is 5.92 Å². The van der Waals surface area contributed by atoms with Crippen LogP contribution in [0.2, 0.25) is 0 Å². The van der Waals surface area contributed by atoms with Crippen LogP contribution < -0.4 is 9.64 Å². The molecule has 0 spiro atoms. The van der Waals surface area contributed by atoms with E-state index in [0.717, 1.165) is 98.8 Å². The highest BCUT2D eigenvalue weighted by Gasteiger charge is 2.25. The predicted molar refractivity (Wildman–Crippen MR) is 132 cm³/mol. The molecule has 0 unspecified atom stereocenters. The highest BCUT2D eigenvalue weighted by atomic mass is 16.5. The number of nitrogens with zero attached hydrogens (tertiary/aromatic N) is 6. The Hall–Kier alpha value is -2.84. The first-order chi connectivity index (χ1) is 16.6. The van der Waals surface area contributed by atoms with E-state index in [1.807, 2.05) is 0 Å². The van der Waals surface area contributed by atoms with E-state index in [2.05, 4.69) is 62.0 Å². The minimum atomic E-state index is 0.205. The molecule has 5 rings (SSSR count). The monoisotopic (exact) mass is 462 g/mol. The second-order valence-electron chi connectivity index (χ2n) is 9.67. The van der Waals surface area contributed by atoms with Gasteiger partial charge in [0.2, 0.25) is 0 Å². The Morgan fingerprint density at radius 2 is 1.71 bits per heavy atom. The van der Waals surface area contributed by atoms with E-state index in [-0.39, 0.29) is 6.10 Å². The standard InChI is InChI=1S/C26H34N6O2/c1-31(2)17-21-14-20(29-18-30-21)13-19-3-5-23(6-4-19)34-25-16-22(32-9-11-33-12-10-32)15-24-26(25)28-8-7-27-24/h7-8,14-16,18-19,23H,3-6,9-13,17H2,1-2H3. The maximum atomic E-state index is 6.57. The number of ether oxygens (including phenoxy) is 2. The molecule has 8 nitrogen and oxygen atoms in total. The lowest BCUT2D eigenvalue weighted by atomic mass is 9.84. The number of benzene rings is 1. The summed E-state index contributed by atoms with van der Waals surface area (Å²) in [5, 5.41) is 0. The number of rotatable bonds is 7. The van der Waals surface area contributed by atoms with Gasteiger partial charge in [-0.2, -0.15) is 0 Å². The summed E-state index contributed by atoms with van der Waals surface area (Å²) >= 11 is 0. The van der Waals surface area contributed by atoms with Gasteiger partial charge in [0.25, 0.3) is 0 Å². The summed E-state index contributed by atoms with van der Waals surface area (Å²) in [7, 11) is 4.13. The van der Waals surface area contributed by atoms with Gasteiger partial charge in [0.1, 0.15) is 17.6 Å². The highest BCUT2D eigenvalue weighted by molar-refractivity contribution is 5.85. The number of aromatic nitrogens is 4. The number of hydrogen-bond acceptors (Lipinski definition) is 8. The van der Waals surface area contributed by atoms with Gasteiger partial charge in [0, 0.05) is 49.5 Å². The van der Waals surface area contributed by atoms with Gasteiger partial charge < -0.3 is 19.3 Å². The first kappa shape index (κ1) is 22.9. The Balaban J connectivity index is 1.23. The summed E-state index contributed by atoms with van der Waals surface area (Å²) in [5.74, 6) is 1.48. The van der Waals surface area contributed by atoms with Crippen molar-refractivity contribution in [3.05, 3.63) is 48.3 Å². The van der Waals surface area contributed by atoms with Crippen LogP contribution in [0.1, 0.15) is 37.1 Å². The Morgan fingerprint density at radius 1 is 0.941 bits per heavy atom. The van der Waals surface area contributed by atoms with E-state index >= 15 is 0 Å². The van der Waals surface area contributed by atoms with Gasteiger partial charge in [0.05, 0.1) is 30.5 Å². The summed E-state index contributed by atoms with van der Waals surface area (Å²) < 4.78 is 12.1. The molecule has 1 saturated heterocycles. The van der Waals surface area contributed by atoms with Crippen molar-refractivity contribution in [3.8, 4) is 5.75 Å². The largest absolute Gasteiger partial charge is 0.488 e. The van der Waals surface area contributed by atoms with Crippen molar-refractivity contribution in [2.75, 3.05) is 45.3 Å². The second-order valence-corrected chi connectivity index (χ2v) is 9.67. The van der Waals surface area contributed by atoms with Crippen molar-refractivity contribution >= 4 is 16.7 Å². The van der Waals surface area contributed by atoms with Crippen molar-refractivity contribution in [3.63, 3.8) is 0 Å². The molecule has 1 saturated carbocycles. The van der Waals surface area contributed by atoms with Crippen LogP contribution in [-0.4, -0.2) is 71.3 Å². The SMILES string of the molecule is CN(C)Cc1cc(CC2CCC(Oc3cc(N4CCOCC4)cc4nccnc34)CC2)ncn1. The van der Waals surface area contributed by atoms with E-state index in [1.54, 1.807) is 18.7 Å². The first-order valence-corrected chi connectivity index (χ1v) is 12.3. The molecule has 1 aliphatic heterocycles. The van der Waals surface area contributed by atoms with Gasteiger partial charge >= 0.3 is 0 Å². The average Bonchev–Trinajstić information content (AvgIpc) is 2.85. The van der Waals surface area contributed by atoms with Crippen molar-refractivity contribution in [2.45, 2.75) is 44.8 Å². The molecule has 0 radical (unpaired) electrons. The third-order valence-corrected chi connectivity index (χ3v) is 6.74. The molecule has 3 heterocycles. The summed E-state index contributed by atoms with van der Waals surface area (Å²) in [6.45, 7) is 4.12. The molecule has 1 aromatic carbocycles. The Kier molecular flexibility index (Phi) is 7.16. The van der Waals surface area contributed by atoms with Gasteiger partial charge in [0.15, 0.2) is 0 Å². The maximum absolute atomic E-state index is 6.57. The van der Waals surface area contributed by atoms with Crippen LogP contribution in [0.25, 0.3) is 11.0 Å². The lowest BCUT2D eigenvalue weighted by Gasteiger charge is -2.31. The molecule has 0 amide bonds. The molecule has 8 heteroatoms. The molecular weight excluding hydrogens is 428 g/mol. The zero-order chi connectivity index (χ0) is 23.3. The molecular formula is C26H34N6O2. The van der Waals surface area contributed by atoms with Crippen LogP contribution in [0, 0.1) is 5.92 Å². The molecule has 3 aromatic rings. The van der Waals surface area contributed by atoms with Gasteiger partial charge in [-0.15, -0.1) is 0 Å². The lowest BCUT2D eigenvalue weighted by Crippen LogP contribution is -2.36. The van der Waals surface area contributed by atoms with E-state index in [4.69, 9.17) is 9.47 Å². The molecule has 0 N–H and O–H groups in total. The van der Waals surface area contributed by atoms with Crippen molar-refractivity contribution in [2.24, 2.45) is 5.92 Å². The Bertz CT molecular complexity index is 1090. The van der Waals surface area contributed by atoms with E-state index < -0.39 is 0 Å². The molecule has 1 aliphatic carbocycles. The third-order valence-electron chi connectivity index (χ3n) is 6.74. The van der Waals surface area contributed by atoms with Crippen LogP contribution >= 0.6 is 0 Å². The fourth-order valence-corrected chi connectivity index (χ4v) is 5.02. The Labute approximate surface area is 201 Å². The summed E-state index contributed by atoms with van der Waals surface area (Å²) in [6.07, 6.45) is 10.8. The quantitative estimate of drug-likeness (QED) is 0.528. The summed E-state index contributed by atoms with van der Waals surface area (Å²) in [4.78, 5) is 22.5. The maximum Gasteiger partial charge on any atom is 0.149 e. The zero-order valence-corrected chi connectivity index (χ0v) is 20.2. The molecule has 2 aliphatic rings. The summed E-state index contributed by atoms with van der Waals surface area (Å²) in [5.41, 5.74) is 5.09. The molecule has 180 valence electrons. The van der Waals surface area contributed by atoms with Gasteiger partial charge in [-0.25, -0.2) is 15.0 Å². The fourth-order valence-electron chi connectivity index (χ4n) is 5.02. The lowest BCUT2D eigenvalue weighted by molar-refractivity contribution is 0.122. The van der Waals surface area contributed by atoms with Gasteiger partial charge in [-0.05, 0) is 64.3 Å². The molecule has 0 atom stereocenters. The third kappa shape index (κ3) is 5.62. The minimum absolute atomic E-state index is 0.205. The topological polar surface area (TPSA) is 76.5 Å². The van der Waals surface area contributed by atoms with Crippen LogP contribution in [0.15, 0.2) is 36.9 Å². The molecule has 0 bridgehead atoms. The second kappa shape index (κ2) is 10.6. The summed E-state index contributed by atoms with van der Waals surface area (Å²) in [6, 6.07) is 6.41. The fraction of sp³-hybridized carbons (Fsp3) is 0.538. The Morgan fingerprint density at radius 3 is 2.50 bits per heavy atom. The van der Waals surface area contributed by atoms with E-state index in [9.17, 15) is 0 Å². The van der Waals surface area contributed by atoms with Crippen molar-refractivity contribution < 1.29 is 9.47 Å². The first-order valence-electron chi connectivity index (χ1n) is 12.3. The number of anilines is 1. The van der Waals surface area contributed by atoms with Crippen LogP contribution in [0.4, 0.5) is 5.69 Å². The minimum Gasteiger partial charge on any atom is -0.488 e. The zero-order valence-electron chi connectivity index (χ0n) is 20.2.